The first-order valence-electron chi connectivity index (χ1n) is 7.50. The molecule has 6 heteroatoms. The third-order valence-corrected chi connectivity index (χ3v) is 4.66. The second-order valence-electron chi connectivity index (χ2n) is 5.89. The van der Waals surface area contributed by atoms with Gasteiger partial charge in [-0.2, -0.15) is 0 Å². The molecular weight excluding hydrogens is 270 g/mol. The second-order valence-corrected chi connectivity index (χ2v) is 5.89. The zero-order valence-corrected chi connectivity index (χ0v) is 12.3. The molecule has 2 fully saturated rings. The molecule has 1 atom stereocenters. The monoisotopic (exact) mass is 291 g/mol. The molecule has 1 spiro atoms. The number of piperidine rings is 1. The zero-order valence-electron chi connectivity index (χ0n) is 12.3. The quantitative estimate of drug-likeness (QED) is 0.833. The molecule has 0 radical (unpaired) electrons. The van der Waals surface area contributed by atoms with Crippen molar-refractivity contribution in [2.75, 3.05) is 19.7 Å². The highest BCUT2D eigenvalue weighted by atomic mass is 16.5. The molecule has 114 valence electrons. The maximum Gasteiger partial charge on any atom is 0.257 e. The molecule has 1 unspecified atom stereocenters. The minimum atomic E-state index is -0.447. The number of carbonyl (C=O) groups excluding carboxylic acids is 1. The first-order valence-corrected chi connectivity index (χ1v) is 7.50. The molecule has 1 aromatic rings. The Morgan fingerprint density at radius 2 is 2.24 bits per heavy atom. The number of ether oxygens (including phenoxy) is 1. The van der Waals surface area contributed by atoms with E-state index in [1.54, 1.807) is 6.20 Å². The average Bonchev–Trinajstić information content (AvgIpc) is 2.51. The van der Waals surface area contributed by atoms with Crippen molar-refractivity contribution in [3.05, 3.63) is 23.8 Å². The predicted molar refractivity (Wildman–Crippen MR) is 75.8 cm³/mol. The van der Waals surface area contributed by atoms with Crippen LogP contribution in [-0.4, -0.2) is 57.3 Å². The van der Waals surface area contributed by atoms with E-state index in [0.29, 0.717) is 43.8 Å². The third-order valence-electron chi connectivity index (χ3n) is 4.66. The van der Waals surface area contributed by atoms with E-state index in [2.05, 4.69) is 9.97 Å². The van der Waals surface area contributed by atoms with Crippen LogP contribution in [0.3, 0.4) is 0 Å². The topological polar surface area (TPSA) is 75.6 Å². The lowest BCUT2D eigenvalue weighted by molar-refractivity contribution is -0.174. The van der Waals surface area contributed by atoms with E-state index in [-0.39, 0.29) is 5.91 Å². The molecule has 3 heterocycles. The molecule has 0 saturated carbocycles. The summed E-state index contributed by atoms with van der Waals surface area (Å²) in [5.41, 5.74) is 0.805. The Hall–Kier alpha value is -1.53. The summed E-state index contributed by atoms with van der Waals surface area (Å²) in [6.45, 7) is 3.72. The fourth-order valence-electron chi connectivity index (χ4n) is 3.25. The summed E-state index contributed by atoms with van der Waals surface area (Å²) in [6.07, 6.45) is 5.68. The standard InChI is InChI=1S/C15H21N3O3/c1-11-12(9-16-10-17-11)14(20)18-6-4-15(5-7-18)13(19)3-2-8-21-15/h9-10,13,19H,2-8H2,1H3. The third kappa shape index (κ3) is 2.65. The van der Waals surface area contributed by atoms with Crippen molar-refractivity contribution in [3.63, 3.8) is 0 Å². The predicted octanol–water partition coefficient (Wildman–Crippen LogP) is 0.931. The first kappa shape index (κ1) is 14.4. The molecule has 21 heavy (non-hydrogen) atoms. The van der Waals surface area contributed by atoms with Crippen molar-refractivity contribution in [3.8, 4) is 0 Å². The molecule has 1 amide bonds. The van der Waals surface area contributed by atoms with Crippen LogP contribution in [0.15, 0.2) is 12.5 Å². The van der Waals surface area contributed by atoms with E-state index >= 15 is 0 Å². The fourth-order valence-corrected chi connectivity index (χ4v) is 3.25. The number of hydrogen-bond acceptors (Lipinski definition) is 5. The van der Waals surface area contributed by atoms with Crippen molar-refractivity contribution >= 4 is 5.91 Å². The molecule has 1 aromatic heterocycles. The normalized spacial score (nSPS) is 25.0. The number of amides is 1. The van der Waals surface area contributed by atoms with Crippen molar-refractivity contribution in [1.82, 2.24) is 14.9 Å². The highest BCUT2D eigenvalue weighted by molar-refractivity contribution is 5.94. The van der Waals surface area contributed by atoms with E-state index in [9.17, 15) is 9.90 Å². The van der Waals surface area contributed by atoms with E-state index in [1.807, 2.05) is 11.8 Å². The van der Waals surface area contributed by atoms with E-state index in [1.165, 1.54) is 6.33 Å². The summed E-state index contributed by atoms with van der Waals surface area (Å²) >= 11 is 0. The number of aliphatic hydroxyl groups is 1. The molecule has 6 nitrogen and oxygen atoms in total. The largest absolute Gasteiger partial charge is 0.390 e. The number of aliphatic hydroxyl groups excluding tert-OH is 1. The number of aryl methyl sites for hydroxylation is 1. The number of likely N-dealkylation sites (tertiary alicyclic amines) is 1. The summed E-state index contributed by atoms with van der Waals surface area (Å²) in [5.74, 6) is -0.0340. The van der Waals surface area contributed by atoms with Crippen LogP contribution in [0.5, 0.6) is 0 Å². The lowest BCUT2D eigenvalue weighted by Gasteiger charge is -2.46. The van der Waals surface area contributed by atoms with Gasteiger partial charge < -0.3 is 14.7 Å². The Bertz CT molecular complexity index is 527. The minimum absolute atomic E-state index is 0.0340. The smallest absolute Gasteiger partial charge is 0.257 e. The zero-order chi connectivity index (χ0) is 14.9. The van der Waals surface area contributed by atoms with Crippen molar-refractivity contribution in [1.29, 1.82) is 0 Å². The van der Waals surface area contributed by atoms with Crippen LogP contribution in [-0.2, 0) is 4.74 Å². The van der Waals surface area contributed by atoms with Crippen LogP contribution in [0.2, 0.25) is 0 Å². The highest BCUT2D eigenvalue weighted by Gasteiger charge is 2.44. The summed E-state index contributed by atoms with van der Waals surface area (Å²) in [4.78, 5) is 22.3. The number of rotatable bonds is 1. The summed E-state index contributed by atoms with van der Waals surface area (Å²) in [5, 5.41) is 10.2. The molecule has 1 N–H and O–H groups in total. The molecule has 3 rings (SSSR count). The van der Waals surface area contributed by atoms with Crippen molar-refractivity contribution in [2.24, 2.45) is 0 Å². The summed E-state index contributed by atoms with van der Waals surface area (Å²) in [6, 6.07) is 0. The SMILES string of the molecule is Cc1ncncc1C(=O)N1CCC2(CC1)OCCCC2O. The lowest BCUT2D eigenvalue weighted by atomic mass is 9.82. The number of carbonyl (C=O) groups is 1. The molecule has 0 bridgehead atoms. The first-order chi connectivity index (χ1) is 10.1. The second kappa shape index (κ2) is 5.69. The number of aromatic nitrogens is 2. The van der Waals surface area contributed by atoms with Gasteiger partial charge in [0.25, 0.3) is 5.91 Å². The van der Waals surface area contributed by atoms with Gasteiger partial charge in [-0.15, -0.1) is 0 Å². The Morgan fingerprint density at radius 3 is 2.90 bits per heavy atom. The Balaban J connectivity index is 1.68. The Kier molecular flexibility index (Phi) is 3.91. The van der Waals surface area contributed by atoms with Gasteiger partial charge in [-0.05, 0) is 32.6 Å². The van der Waals surface area contributed by atoms with Crippen molar-refractivity contribution in [2.45, 2.75) is 44.3 Å². The molecule has 0 aromatic carbocycles. The van der Waals surface area contributed by atoms with Gasteiger partial charge in [0, 0.05) is 25.9 Å². The van der Waals surface area contributed by atoms with Crippen LogP contribution >= 0.6 is 0 Å². The van der Waals surface area contributed by atoms with Gasteiger partial charge in [0.05, 0.1) is 23.0 Å². The Morgan fingerprint density at radius 1 is 1.48 bits per heavy atom. The molecule has 2 saturated heterocycles. The minimum Gasteiger partial charge on any atom is -0.390 e. The summed E-state index contributed by atoms with van der Waals surface area (Å²) in [7, 11) is 0. The fraction of sp³-hybridized carbons (Fsp3) is 0.667. The van der Waals surface area contributed by atoms with Gasteiger partial charge >= 0.3 is 0 Å². The van der Waals surface area contributed by atoms with Gasteiger partial charge in [-0.25, -0.2) is 9.97 Å². The van der Waals surface area contributed by atoms with Crippen LogP contribution in [0.25, 0.3) is 0 Å². The van der Waals surface area contributed by atoms with Crippen LogP contribution in [0.1, 0.15) is 41.7 Å². The van der Waals surface area contributed by atoms with E-state index in [0.717, 1.165) is 12.8 Å². The number of nitrogens with zero attached hydrogens (tertiary/aromatic N) is 3. The van der Waals surface area contributed by atoms with Gasteiger partial charge in [0.15, 0.2) is 0 Å². The molecule has 2 aliphatic heterocycles. The van der Waals surface area contributed by atoms with E-state index in [4.69, 9.17) is 4.74 Å². The van der Waals surface area contributed by atoms with Crippen LogP contribution in [0, 0.1) is 6.92 Å². The van der Waals surface area contributed by atoms with Gasteiger partial charge in [0.1, 0.15) is 6.33 Å². The van der Waals surface area contributed by atoms with Gasteiger partial charge in [-0.1, -0.05) is 0 Å². The van der Waals surface area contributed by atoms with Gasteiger partial charge in [-0.3, -0.25) is 4.79 Å². The molecule has 2 aliphatic rings. The average molecular weight is 291 g/mol. The molecular formula is C15H21N3O3. The van der Waals surface area contributed by atoms with Crippen LogP contribution < -0.4 is 0 Å². The molecule has 0 aliphatic carbocycles. The van der Waals surface area contributed by atoms with E-state index < -0.39 is 11.7 Å². The Labute approximate surface area is 124 Å². The highest BCUT2D eigenvalue weighted by Crippen LogP contribution is 2.35. The van der Waals surface area contributed by atoms with Gasteiger partial charge in [0.2, 0.25) is 0 Å². The maximum absolute atomic E-state index is 12.5. The number of hydrogen-bond donors (Lipinski definition) is 1. The lowest BCUT2D eigenvalue weighted by Crippen LogP contribution is -2.56. The van der Waals surface area contributed by atoms with Crippen molar-refractivity contribution < 1.29 is 14.6 Å². The van der Waals surface area contributed by atoms with Crippen LogP contribution in [0.4, 0.5) is 0 Å². The summed E-state index contributed by atoms with van der Waals surface area (Å²) < 4.78 is 5.86. The maximum atomic E-state index is 12.5.